The maximum absolute atomic E-state index is 14.1. The van der Waals surface area contributed by atoms with Gasteiger partial charge in [-0.2, -0.15) is 5.10 Å². The molecule has 224 valence electrons. The van der Waals surface area contributed by atoms with Gasteiger partial charge in [0.1, 0.15) is 5.15 Å². The third-order valence-corrected chi connectivity index (χ3v) is 9.70. The van der Waals surface area contributed by atoms with Crippen molar-refractivity contribution in [2.45, 2.75) is 70.6 Å². The lowest BCUT2D eigenvalue weighted by molar-refractivity contribution is 0.0789. The van der Waals surface area contributed by atoms with Crippen molar-refractivity contribution in [1.29, 1.82) is 0 Å². The van der Waals surface area contributed by atoms with E-state index in [0.717, 1.165) is 63.0 Å². The first-order valence-electron chi connectivity index (χ1n) is 15.3. The van der Waals surface area contributed by atoms with Gasteiger partial charge in [0.2, 0.25) is 0 Å². The first-order chi connectivity index (χ1) is 20.8. The summed E-state index contributed by atoms with van der Waals surface area (Å²) in [6, 6.07) is 14.3. The molecule has 9 heteroatoms. The molecule has 1 aliphatic heterocycles. The first-order valence-corrected chi connectivity index (χ1v) is 15.7. The van der Waals surface area contributed by atoms with Crippen molar-refractivity contribution < 1.29 is 9.18 Å². The summed E-state index contributed by atoms with van der Waals surface area (Å²) in [5.41, 5.74) is 4.14. The summed E-state index contributed by atoms with van der Waals surface area (Å²) >= 11 is 5.99. The van der Waals surface area contributed by atoms with Crippen molar-refractivity contribution in [3.05, 3.63) is 101 Å². The number of nitrogens with zero attached hydrogens (tertiary/aromatic N) is 6. The van der Waals surface area contributed by atoms with E-state index in [9.17, 15) is 9.18 Å². The van der Waals surface area contributed by atoms with Crippen molar-refractivity contribution in [2.24, 2.45) is 11.3 Å². The van der Waals surface area contributed by atoms with Gasteiger partial charge in [0.25, 0.3) is 11.9 Å². The summed E-state index contributed by atoms with van der Waals surface area (Å²) < 4.78 is 15.4. The van der Waals surface area contributed by atoms with E-state index < -0.39 is 5.82 Å². The maximum Gasteiger partial charge on any atom is 0.257 e. The molecule has 0 spiro atoms. The van der Waals surface area contributed by atoms with Crippen LogP contribution in [0, 0.1) is 17.2 Å². The molecule has 7 nitrogen and oxygen atoms in total. The Morgan fingerprint density at radius 3 is 2.58 bits per heavy atom. The average molecular weight is 601 g/mol. The summed E-state index contributed by atoms with van der Waals surface area (Å²) in [5, 5.41) is 5.15. The zero-order valence-corrected chi connectivity index (χ0v) is 25.6. The van der Waals surface area contributed by atoms with Gasteiger partial charge in [0, 0.05) is 31.1 Å². The van der Waals surface area contributed by atoms with Crippen LogP contribution in [-0.4, -0.2) is 48.6 Å². The number of carbonyl (C=O) groups is 1. The second-order valence-corrected chi connectivity index (χ2v) is 12.9. The number of aromatic nitrogens is 5. The third-order valence-electron chi connectivity index (χ3n) is 9.48. The van der Waals surface area contributed by atoms with Crippen molar-refractivity contribution in [3.8, 4) is 5.95 Å². The molecule has 0 N–H and O–H groups in total. The molecule has 0 bridgehead atoms. The average Bonchev–Trinajstić information content (AvgIpc) is 3.37. The van der Waals surface area contributed by atoms with E-state index in [2.05, 4.69) is 64.2 Å². The quantitative estimate of drug-likeness (QED) is 0.168. The molecule has 4 unspecified atom stereocenters. The fraction of sp³-hybridized carbons (Fsp3) is 0.441. The van der Waals surface area contributed by atoms with Crippen molar-refractivity contribution in [1.82, 2.24) is 29.6 Å². The molecule has 4 aromatic rings. The van der Waals surface area contributed by atoms with E-state index in [-0.39, 0.29) is 23.2 Å². The van der Waals surface area contributed by atoms with Crippen LogP contribution < -0.4 is 0 Å². The highest BCUT2D eigenvalue weighted by atomic mass is 35.5. The Morgan fingerprint density at radius 2 is 1.86 bits per heavy atom. The first kappa shape index (κ1) is 29.4. The largest absolute Gasteiger partial charge is 0.338 e. The Balaban J connectivity index is 1.24. The highest BCUT2D eigenvalue weighted by Gasteiger charge is 2.49. The Hall–Kier alpha value is -3.65. The fourth-order valence-electron chi connectivity index (χ4n) is 6.81. The Bertz CT molecular complexity index is 1540. The van der Waals surface area contributed by atoms with Gasteiger partial charge < -0.3 is 4.90 Å². The predicted molar refractivity (Wildman–Crippen MR) is 165 cm³/mol. The molecule has 1 saturated carbocycles. The number of benzene rings is 1. The van der Waals surface area contributed by atoms with E-state index in [4.69, 9.17) is 11.6 Å². The molecule has 43 heavy (non-hydrogen) atoms. The molecular weight excluding hydrogens is 563 g/mol. The zero-order valence-electron chi connectivity index (χ0n) is 24.8. The summed E-state index contributed by atoms with van der Waals surface area (Å²) in [6.45, 7) is 5.92. The van der Waals surface area contributed by atoms with Crippen LogP contribution in [0.4, 0.5) is 4.39 Å². The van der Waals surface area contributed by atoms with E-state index in [1.807, 2.05) is 23.2 Å². The lowest BCUT2D eigenvalue weighted by Crippen LogP contribution is -2.29. The third kappa shape index (κ3) is 6.49. The lowest BCUT2D eigenvalue weighted by Gasteiger charge is -2.23. The minimum absolute atomic E-state index is 0.00588. The van der Waals surface area contributed by atoms with Crippen LogP contribution >= 0.6 is 11.6 Å². The fourth-order valence-corrected chi connectivity index (χ4v) is 6.92. The van der Waals surface area contributed by atoms with Crippen molar-refractivity contribution >= 4 is 17.5 Å². The standard InChI is InChI=1S/C34H38ClFN6O/c1-3-7-25(12-14-34(2)17-27(34)16-23-10-11-30(35)37-18-23)31-29(21-40-42(31)33-38-19-28(36)20-39-33)32(43)41-15-13-26(22-41)24-8-5-4-6-9-24/h4-6,8-11,18-21,25-27H,3,7,12-17,22H2,1-2H3. The van der Waals surface area contributed by atoms with Crippen LogP contribution in [0.3, 0.4) is 0 Å². The highest BCUT2D eigenvalue weighted by molar-refractivity contribution is 6.29. The molecule has 1 aliphatic carbocycles. The minimum atomic E-state index is -0.508. The highest BCUT2D eigenvalue weighted by Crippen LogP contribution is 2.58. The number of rotatable bonds is 11. The van der Waals surface area contributed by atoms with Crippen molar-refractivity contribution in [2.75, 3.05) is 13.1 Å². The second kappa shape index (κ2) is 12.5. The molecule has 4 heterocycles. The van der Waals surface area contributed by atoms with Gasteiger partial charge in [-0.3, -0.25) is 4.79 Å². The van der Waals surface area contributed by atoms with Crippen LogP contribution in [0.15, 0.2) is 67.3 Å². The van der Waals surface area contributed by atoms with Gasteiger partial charge in [0.15, 0.2) is 5.82 Å². The zero-order chi connectivity index (χ0) is 30.0. The molecule has 3 aromatic heterocycles. The predicted octanol–water partition coefficient (Wildman–Crippen LogP) is 7.41. The van der Waals surface area contributed by atoms with Gasteiger partial charge in [-0.05, 0) is 67.1 Å². The number of hydrogen-bond donors (Lipinski definition) is 0. The smallest absolute Gasteiger partial charge is 0.257 e. The van der Waals surface area contributed by atoms with Gasteiger partial charge >= 0.3 is 0 Å². The number of hydrogen-bond acceptors (Lipinski definition) is 5. The van der Waals surface area contributed by atoms with Gasteiger partial charge in [0.05, 0.1) is 29.8 Å². The molecule has 2 fully saturated rings. The van der Waals surface area contributed by atoms with Crippen LogP contribution in [0.25, 0.3) is 5.95 Å². The van der Waals surface area contributed by atoms with Gasteiger partial charge in [-0.1, -0.05) is 68.3 Å². The van der Waals surface area contributed by atoms with Crippen LogP contribution in [0.1, 0.15) is 91.4 Å². The van der Waals surface area contributed by atoms with E-state index in [1.54, 1.807) is 10.9 Å². The summed E-state index contributed by atoms with van der Waals surface area (Å²) in [7, 11) is 0. The number of pyridine rings is 1. The summed E-state index contributed by atoms with van der Waals surface area (Å²) in [5.74, 6) is 0.760. The van der Waals surface area contributed by atoms with Gasteiger partial charge in [-0.25, -0.2) is 24.0 Å². The second-order valence-electron chi connectivity index (χ2n) is 12.5. The lowest BCUT2D eigenvalue weighted by atomic mass is 9.86. The Morgan fingerprint density at radius 1 is 1.07 bits per heavy atom. The maximum atomic E-state index is 14.1. The molecular formula is C34H38ClFN6O. The number of halogens is 2. The Labute approximate surface area is 257 Å². The number of amides is 1. The molecule has 1 saturated heterocycles. The number of carbonyl (C=O) groups excluding carboxylic acids is 1. The summed E-state index contributed by atoms with van der Waals surface area (Å²) in [6.07, 6.45) is 12.7. The van der Waals surface area contributed by atoms with E-state index in [0.29, 0.717) is 35.6 Å². The van der Waals surface area contributed by atoms with E-state index >= 15 is 0 Å². The molecule has 6 rings (SSSR count). The summed E-state index contributed by atoms with van der Waals surface area (Å²) in [4.78, 5) is 28.8. The molecule has 1 amide bonds. The van der Waals surface area contributed by atoms with E-state index in [1.165, 1.54) is 11.1 Å². The van der Waals surface area contributed by atoms with Crippen LogP contribution in [0.2, 0.25) is 5.15 Å². The molecule has 0 radical (unpaired) electrons. The minimum Gasteiger partial charge on any atom is -0.338 e. The number of likely N-dealkylation sites (tertiary alicyclic amines) is 1. The van der Waals surface area contributed by atoms with Crippen LogP contribution in [0.5, 0.6) is 0 Å². The Kier molecular flexibility index (Phi) is 8.57. The normalized spacial score (nSPS) is 22.1. The molecule has 4 atom stereocenters. The monoisotopic (exact) mass is 600 g/mol. The topological polar surface area (TPSA) is 76.8 Å². The SMILES string of the molecule is CCCC(CCC1(C)CC1Cc1ccc(Cl)nc1)c1c(C(=O)N2CCC(c3ccccc3)C2)cnn1-c1ncc(F)cn1. The van der Waals surface area contributed by atoms with Crippen molar-refractivity contribution in [3.63, 3.8) is 0 Å². The van der Waals surface area contributed by atoms with Crippen LogP contribution in [-0.2, 0) is 6.42 Å². The van der Waals surface area contributed by atoms with Gasteiger partial charge in [-0.15, -0.1) is 0 Å². The molecule has 1 aromatic carbocycles. The molecule has 2 aliphatic rings.